The molecule has 0 saturated carbocycles. The minimum absolute atomic E-state index is 0.0852. The molecule has 9 nitrogen and oxygen atoms in total. The smallest absolute Gasteiger partial charge is 0.282 e. The summed E-state index contributed by atoms with van der Waals surface area (Å²) in [5.74, 6) is -2.73. The van der Waals surface area contributed by atoms with Gasteiger partial charge in [0.05, 0.1) is 4.92 Å². The van der Waals surface area contributed by atoms with Gasteiger partial charge in [0.15, 0.2) is 0 Å². The number of carbonyl (C=O) groups excluding carboxylic acids is 3. The highest BCUT2D eigenvalue weighted by atomic mass is 35.5. The molecule has 1 aromatic carbocycles. The van der Waals surface area contributed by atoms with Gasteiger partial charge in [0.1, 0.15) is 18.7 Å². The van der Waals surface area contributed by atoms with Crippen LogP contribution in [0.5, 0.6) is 0 Å². The number of halogens is 1. The highest BCUT2D eigenvalue weighted by Crippen LogP contribution is 2.24. The molecule has 3 amide bonds. The van der Waals surface area contributed by atoms with Crippen LogP contribution in [0.25, 0.3) is 0 Å². The van der Waals surface area contributed by atoms with E-state index in [4.69, 9.17) is 23.1 Å². The molecule has 112 valence electrons. The first kappa shape index (κ1) is 16.4. The molecule has 0 aromatic heterocycles. The van der Waals surface area contributed by atoms with Crippen LogP contribution < -0.4 is 11.5 Å². The quantitative estimate of drug-likeness (QED) is 0.544. The summed E-state index contributed by atoms with van der Waals surface area (Å²) < 4.78 is 0. The van der Waals surface area contributed by atoms with E-state index in [2.05, 4.69) is 0 Å². The van der Waals surface area contributed by atoms with E-state index in [1.54, 1.807) is 0 Å². The zero-order valence-electron chi connectivity index (χ0n) is 10.6. The molecule has 21 heavy (non-hydrogen) atoms. The summed E-state index contributed by atoms with van der Waals surface area (Å²) in [7, 11) is 0. The van der Waals surface area contributed by atoms with Crippen molar-refractivity contribution in [3.8, 4) is 0 Å². The number of nitrogens with two attached hydrogens (primary N) is 2. The lowest BCUT2D eigenvalue weighted by molar-refractivity contribution is -0.385. The molecule has 0 bridgehead atoms. The minimum Gasteiger partial charge on any atom is -0.368 e. The number of amides is 3. The Labute approximate surface area is 123 Å². The van der Waals surface area contributed by atoms with Crippen molar-refractivity contribution in [1.29, 1.82) is 0 Å². The third-order valence-electron chi connectivity index (χ3n) is 2.37. The summed E-state index contributed by atoms with van der Waals surface area (Å²) in [5.41, 5.74) is 9.06. The molecule has 0 atom stereocenters. The van der Waals surface area contributed by atoms with Crippen molar-refractivity contribution < 1.29 is 19.3 Å². The first-order valence-electron chi connectivity index (χ1n) is 5.52. The molecule has 1 rings (SSSR count). The van der Waals surface area contributed by atoms with Crippen molar-refractivity contribution in [2.45, 2.75) is 0 Å². The van der Waals surface area contributed by atoms with E-state index in [1.807, 2.05) is 0 Å². The fourth-order valence-corrected chi connectivity index (χ4v) is 1.76. The van der Waals surface area contributed by atoms with Crippen molar-refractivity contribution >= 4 is 35.0 Å². The van der Waals surface area contributed by atoms with Gasteiger partial charge in [0, 0.05) is 11.1 Å². The van der Waals surface area contributed by atoms with Crippen molar-refractivity contribution in [2.24, 2.45) is 11.5 Å². The van der Waals surface area contributed by atoms with Crippen LogP contribution in [-0.2, 0) is 9.59 Å². The zero-order chi connectivity index (χ0) is 16.2. The van der Waals surface area contributed by atoms with Gasteiger partial charge in [0.25, 0.3) is 11.6 Å². The predicted octanol–water partition coefficient (Wildman–Crippen LogP) is -0.339. The lowest BCUT2D eigenvalue weighted by Crippen LogP contribution is -2.43. The Morgan fingerprint density at radius 1 is 1.19 bits per heavy atom. The average Bonchev–Trinajstić information content (AvgIpc) is 2.35. The molecule has 1 aromatic rings. The molecule has 0 fully saturated rings. The van der Waals surface area contributed by atoms with Gasteiger partial charge < -0.3 is 16.4 Å². The van der Waals surface area contributed by atoms with E-state index in [0.29, 0.717) is 4.90 Å². The van der Waals surface area contributed by atoms with E-state index in [0.717, 1.165) is 12.1 Å². The van der Waals surface area contributed by atoms with E-state index in [1.165, 1.54) is 6.07 Å². The maximum Gasteiger partial charge on any atom is 0.282 e. The topological polar surface area (TPSA) is 150 Å². The maximum absolute atomic E-state index is 12.2. The summed E-state index contributed by atoms with van der Waals surface area (Å²) in [6.45, 7) is -1.21. The Morgan fingerprint density at radius 2 is 1.71 bits per heavy atom. The number of rotatable bonds is 6. The Morgan fingerprint density at radius 3 is 2.14 bits per heavy atom. The van der Waals surface area contributed by atoms with Gasteiger partial charge in [0.2, 0.25) is 11.8 Å². The third kappa shape index (κ3) is 4.42. The van der Waals surface area contributed by atoms with E-state index in [9.17, 15) is 24.5 Å². The van der Waals surface area contributed by atoms with Crippen LogP contribution in [0.1, 0.15) is 10.4 Å². The van der Waals surface area contributed by atoms with Crippen molar-refractivity contribution in [3.05, 3.63) is 38.9 Å². The molecular weight excluding hydrogens is 304 g/mol. The number of hydrogen-bond acceptors (Lipinski definition) is 5. The van der Waals surface area contributed by atoms with Crippen molar-refractivity contribution in [2.75, 3.05) is 13.1 Å². The molecule has 0 heterocycles. The van der Waals surface area contributed by atoms with Crippen LogP contribution in [0.3, 0.4) is 0 Å². The number of primary amides is 2. The summed E-state index contributed by atoms with van der Waals surface area (Å²) in [6.07, 6.45) is 0. The lowest BCUT2D eigenvalue weighted by Gasteiger charge is -2.19. The van der Waals surface area contributed by atoms with Gasteiger partial charge in [-0.2, -0.15) is 0 Å². The number of benzene rings is 1. The van der Waals surface area contributed by atoms with Gasteiger partial charge in [-0.3, -0.25) is 24.5 Å². The normalized spacial score (nSPS) is 9.95. The summed E-state index contributed by atoms with van der Waals surface area (Å²) in [6, 6.07) is 3.35. The van der Waals surface area contributed by atoms with Gasteiger partial charge >= 0.3 is 0 Å². The van der Waals surface area contributed by atoms with Crippen LogP contribution in [0.2, 0.25) is 5.02 Å². The molecule has 0 spiro atoms. The van der Waals surface area contributed by atoms with Crippen LogP contribution in [-0.4, -0.2) is 40.6 Å². The van der Waals surface area contributed by atoms with Gasteiger partial charge in [-0.15, -0.1) is 0 Å². The highest BCUT2D eigenvalue weighted by molar-refractivity contribution is 6.31. The SMILES string of the molecule is NC(=O)CN(CC(N)=O)C(=O)c1cc(Cl)ccc1[N+](=O)[O-]. The Balaban J connectivity index is 3.24. The molecule has 0 saturated heterocycles. The number of nitro groups is 1. The van der Waals surface area contributed by atoms with E-state index in [-0.39, 0.29) is 10.6 Å². The van der Waals surface area contributed by atoms with E-state index < -0.39 is 41.4 Å². The Bertz CT molecular complexity index is 603. The predicted molar refractivity (Wildman–Crippen MR) is 72.4 cm³/mol. The molecule has 10 heteroatoms. The molecule has 0 radical (unpaired) electrons. The largest absolute Gasteiger partial charge is 0.368 e. The Kier molecular flexibility index (Phi) is 5.19. The number of carbonyl (C=O) groups is 3. The van der Waals surface area contributed by atoms with Crippen LogP contribution in [0.15, 0.2) is 18.2 Å². The van der Waals surface area contributed by atoms with Gasteiger partial charge in [-0.05, 0) is 12.1 Å². The lowest BCUT2D eigenvalue weighted by atomic mass is 10.1. The average molecular weight is 315 g/mol. The zero-order valence-corrected chi connectivity index (χ0v) is 11.4. The van der Waals surface area contributed by atoms with Gasteiger partial charge in [-0.1, -0.05) is 11.6 Å². The second-order valence-corrected chi connectivity index (χ2v) is 4.45. The first-order chi connectivity index (χ1) is 9.72. The summed E-state index contributed by atoms with van der Waals surface area (Å²) >= 11 is 5.71. The maximum atomic E-state index is 12.2. The fraction of sp³-hybridized carbons (Fsp3) is 0.182. The first-order valence-corrected chi connectivity index (χ1v) is 5.90. The van der Waals surface area contributed by atoms with Crippen LogP contribution >= 0.6 is 11.6 Å². The number of hydrogen-bond donors (Lipinski definition) is 2. The number of nitro benzene ring substituents is 1. The fourth-order valence-electron chi connectivity index (χ4n) is 1.58. The van der Waals surface area contributed by atoms with Crippen molar-refractivity contribution in [1.82, 2.24) is 4.90 Å². The second kappa shape index (κ2) is 6.66. The minimum atomic E-state index is -0.943. The third-order valence-corrected chi connectivity index (χ3v) is 2.60. The second-order valence-electron chi connectivity index (χ2n) is 4.01. The summed E-state index contributed by atoms with van der Waals surface area (Å²) in [4.78, 5) is 44.9. The summed E-state index contributed by atoms with van der Waals surface area (Å²) in [5, 5.41) is 11.0. The molecule has 0 aliphatic rings. The van der Waals surface area contributed by atoms with Crippen LogP contribution in [0, 0.1) is 10.1 Å². The van der Waals surface area contributed by atoms with Gasteiger partial charge in [-0.25, -0.2) is 0 Å². The molecule has 0 unspecified atom stereocenters. The molecule has 0 aliphatic carbocycles. The number of nitrogens with zero attached hydrogens (tertiary/aromatic N) is 2. The Hall–Kier alpha value is -2.68. The highest BCUT2D eigenvalue weighted by Gasteiger charge is 2.26. The monoisotopic (exact) mass is 314 g/mol. The molecule has 4 N–H and O–H groups in total. The standard InChI is InChI=1S/C11H11ClN4O5/c12-6-1-2-8(16(20)21)7(3-6)11(19)15(4-9(13)17)5-10(14)18/h1-3H,4-5H2,(H2,13,17)(H2,14,18). The molecular formula is C11H11ClN4O5. The van der Waals surface area contributed by atoms with E-state index >= 15 is 0 Å². The van der Waals surface area contributed by atoms with Crippen LogP contribution in [0.4, 0.5) is 5.69 Å². The molecule has 0 aliphatic heterocycles. The van der Waals surface area contributed by atoms with Crippen molar-refractivity contribution in [3.63, 3.8) is 0 Å².